The Bertz CT molecular complexity index is 763. The second-order valence-electron chi connectivity index (χ2n) is 4.71. The standard InChI is InChI=1S/C17H12ClFO/c18-16-7-15(8-17(19)9-16)14-4-3-12-5-11(10-20)1-2-13(12)6-14/h1-9,20H,10H2. The van der Waals surface area contributed by atoms with Gasteiger partial charge in [0.05, 0.1) is 6.61 Å². The Kier molecular flexibility index (Phi) is 3.43. The first kappa shape index (κ1) is 13.1. The maximum Gasteiger partial charge on any atom is 0.125 e. The van der Waals surface area contributed by atoms with Crippen LogP contribution in [-0.4, -0.2) is 5.11 Å². The Balaban J connectivity index is 2.12. The summed E-state index contributed by atoms with van der Waals surface area (Å²) in [6.07, 6.45) is 0. The van der Waals surface area contributed by atoms with Crippen molar-refractivity contribution >= 4 is 22.4 Å². The fourth-order valence-corrected chi connectivity index (χ4v) is 2.52. The van der Waals surface area contributed by atoms with Crippen LogP contribution in [0.15, 0.2) is 54.6 Å². The molecule has 0 saturated carbocycles. The Morgan fingerprint density at radius 2 is 1.60 bits per heavy atom. The Labute approximate surface area is 121 Å². The maximum atomic E-state index is 13.4. The molecule has 1 nitrogen and oxygen atoms in total. The van der Waals surface area contributed by atoms with Crippen LogP contribution in [0.25, 0.3) is 21.9 Å². The van der Waals surface area contributed by atoms with Crippen molar-refractivity contribution in [2.24, 2.45) is 0 Å². The first-order chi connectivity index (χ1) is 9.65. The van der Waals surface area contributed by atoms with E-state index in [1.807, 2.05) is 36.4 Å². The molecular weight excluding hydrogens is 275 g/mol. The highest BCUT2D eigenvalue weighted by Gasteiger charge is 2.04. The van der Waals surface area contributed by atoms with Crippen molar-refractivity contribution in [3.63, 3.8) is 0 Å². The van der Waals surface area contributed by atoms with Crippen LogP contribution in [0, 0.1) is 5.82 Å². The molecule has 0 amide bonds. The van der Waals surface area contributed by atoms with E-state index in [9.17, 15) is 4.39 Å². The number of fused-ring (bicyclic) bond motifs is 1. The first-order valence-corrected chi connectivity index (χ1v) is 6.63. The molecule has 3 aromatic rings. The van der Waals surface area contributed by atoms with E-state index in [4.69, 9.17) is 16.7 Å². The summed E-state index contributed by atoms with van der Waals surface area (Å²) in [6, 6.07) is 16.1. The fraction of sp³-hybridized carbons (Fsp3) is 0.0588. The summed E-state index contributed by atoms with van der Waals surface area (Å²) in [5.41, 5.74) is 2.54. The van der Waals surface area contributed by atoms with E-state index in [0.717, 1.165) is 27.5 Å². The highest BCUT2D eigenvalue weighted by atomic mass is 35.5. The largest absolute Gasteiger partial charge is 0.392 e. The monoisotopic (exact) mass is 286 g/mol. The Hall–Kier alpha value is -1.90. The first-order valence-electron chi connectivity index (χ1n) is 6.26. The summed E-state index contributed by atoms with van der Waals surface area (Å²) in [7, 11) is 0. The van der Waals surface area contributed by atoms with Gasteiger partial charge in [0.2, 0.25) is 0 Å². The van der Waals surface area contributed by atoms with Crippen LogP contribution in [0.4, 0.5) is 4.39 Å². The van der Waals surface area contributed by atoms with Gasteiger partial charge in [0.25, 0.3) is 0 Å². The van der Waals surface area contributed by atoms with Gasteiger partial charge in [-0.3, -0.25) is 0 Å². The van der Waals surface area contributed by atoms with Gasteiger partial charge in [0.15, 0.2) is 0 Å². The average Bonchev–Trinajstić information content (AvgIpc) is 2.45. The molecule has 0 spiro atoms. The summed E-state index contributed by atoms with van der Waals surface area (Å²) in [5, 5.41) is 11.6. The van der Waals surface area contributed by atoms with Gasteiger partial charge >= 0.3 is 0 Å². The van der Waals surface area contributed by atoms with E-state index < -0.39 is 0 Å². The highest BCUT2D eigenvalue weighted by molar-refractivity contribution is 6.30. The van der Waals surface area contributed by atoms with Gasteiger partial charge in [-0.05, 0) is 57.8 Å². The normalized spacial score (nSPS) is 10.9. The summed E-state index contributed by atoms with van der Waals surface area (Å²) in [6.45, 7) is 0.0250. The third kappa shape index (κ3) is 2.53. The second kappa shape index (κ2) is 5.23. The molecular formula is C17H12ClFO. The van der Waals surface area contributed by atoms with Crippen molar-refractivity contribution < 1.29 is 9.50 Å². The van der Waals surface area contributed by atoms with Gasteiger partial charge in [-0.15, -0.1) is 0 Å². The molecule has 0 aliphatic heterocycles. The Morgan fingerprint density at radius 1 is 0.850 bits per heavy atom. The molecule has 0 bridgehead atoms. The number of benzene rings is 3. The minimum atomic E-state index is -0.344. The number of aliphatic hydroxyl groups is 1. The van der Waals surface area contributed by atoms with Crippen molar-refractivity contribution in [1.29, 1.82) is 0 Å². The quantitative estimate of drug-likeness (QED) is 0.718. The lowest BCUT2D eigenvalue weighted by atomic mass is 10.00. The molecule has 3 aromatic carbocycles. The van der Waals surface area contributed by atoms with Crippen LogP contribution in [0.5, 0.6) is 0 Å². The predicted octanol–water partition coefficient (Wildman–Crippen LogP) is 4.79. The second-order valence-corrected chi connectivity index (χ2v) is 5.15. The van der Waals surface area contributed by atoms with Gasteiger partial charge in [-0.25, -0.2) is 4.39 Å². The van der Waals surface area contributed by atoms with Crippen molar-refractivity contribution in [3.8, 4) is 11.1 Å². The zero-order chi connectivity index (χ0) is 14.1. The number of hydrogen-bond acceptors (Lipinski definition) is 1. The van der Waals surface area contributed by atoms with Crippen LogP contribution in [0.1, 0.15) is 5.56 Å². The van der Waals surface area contributed by atoms with Crippen LogP contribution in [0.3, 0.4) is 0 Å². The molecule has 0 atom stereocenters. The lowest BCUT2D eigenvalue weighted by Crippen LogP contribution is -1.85. The van der Waals surface area contributed by atoms with Gasteiger partial charge < -0.3 is 5.11 Å². The van der Waals surface area contributed by atoms with Gasteiger partial charge in [-0.2, -0.15) is 0 Å². The van der Waals surface area contributed by atoms with E-state index in [1.165, 1.54) is 12.1 Å². The molecule has 0 fully saturated rings. The third-order valence-corrected chi connectivity index (χ3v) is 3.50. The molecule has 0 saturated heterocycles. The van der Waals surface area contributed by atoms with Gasteiger partial charge in [-0.1, -0.05) is 35.9 Å². The zero-order valence-electron chi connectivity index (χ0n) is 10.6. The van der Waals surface area contributed by atoms with Crippen molar-refractivity contribution in [2.75, 3.05) is 0 Å². The van der Waals surface area contributed by atoms with Crippen LogP contribution < -0.4 is 0 Å². The molecule has 0 radical (unpaired) electrons. The number of hydrogen-bond donors (Lipinski definition) is 1. The summed E-state index contributed by atoms with van der Waals surface area (Å²) in [4.78, 5) is 0. The molecule has 3 rings (SSSR count). The van der Waals surface area contributed by atoms with E-state index in [2.05, 4.69) is 0 Å². The maximum absolute atomic E-state index is 13.4. The van der Waals surface area contributed by atoms with Crippen molar-refractivity contribution in [3.05, 3.63) is 71.0 Å². The average molecular weight is 287 g/mol. The summed E-state index contributed by atoms with van der Waals surface area (Å²) in [5.74, 6) is -0.344. The van der Waals surface area contributed by atoms with E-state index in [-0.39, 0.29) is 12.4 Å². The molecule has 20 heavy (non-hydrogen) atoms. The minimum Gasteiger partial charge on any atom is -0.392 e. The molecule has 0 unspecified atom stereocenters. The number of aliphatic hydroxyl groups excluding tert-OH is 1. The summed E-state index contributed by atoms with van der Waals surface area (Å²) >= 11 is 5.89. The Morgan fingerprint density at radius 3 is 2.35 bits per heavy atom. The highest BCUT2D eigenvalue weighted by Crippen LogP contribution is 2.28. The minimum absolute atomic E-state index is 0.0250. The van der Waals surface area contributed by atoms with Crippen molar-refractivity contribution in [1.82, 2.24) is 0 Å². The zero-order valence-corrected chi connectivity index (χ0v) is 11.4. The van der Waals surface area contributed by atoms with Crippen LogP contribution in [0.2, 0.25) is 5.02 Å². The number of rotatable bonds is 2. The summed E-state index contributed by atoms with van der Waals surface area (Å²) < 4.78 is 13.4. The molecule has 0 aliphatic carbocycles. The third-order valence-electron chi connectivity index (χ3n) is 3.28. The molecule has 0 aromatic heterocycles. The molecule has 0 heterocycles. The van der Waals surface area contributed by atoms with E-state index in [0.29, 0.717) is 5.02 Å². The van der Waals surface area contributed by atoms with Crippen molar-refractivity contribution in [2.45, 2.75) is 6.61 Å². The fourth-order valence-electron chi connectivity index (χ4n) is 2.29. The number of halogens is 2. The smallest absolute Gasteiger partial charge is 0.125 e. The lowest BCUT2D eigenvalue weighted by Gasteiger charge is -2.06. The topological polar surface area (TPSA) is 20.2 Å². The lowest BCUT2D eigenvalue weighted by molar-refractivity contribution is 0.282. The predicted molar refractivity (Wildman–Crippen MR) is 80.3 cm³/mol. The molecule has 100 valence electrons. The van der Waals surface area contributed by atoms with E-state index in [1.54, 1.807) is 6.07 Å². The molecule has 1 N–H and O–H groups in total. The van der Waals surface area contributed by atoms with Gasteiger partial charge in [0.1, 0.15) is 5.82 Å². The van der Waals surface area contributed by atoms with Gasteiger partial charge in [0, 0.05) is 5.02 Å². The molecule has 0 aliphatic rings. The SMILES string of the molecule is OCc1ccc2cc(-c3cc(F)cc(Cl)c3)ccc2c1. The van der Waals surface area contributed by atoms with Crippen LogP contribution in [-0.2, 0) is 6.61 Å². The van der Waals surface area contributed by atoms with E-state index >= 15 is 0 Å². The molecule has 3 heteroatoms. The van der Waals surface area contributed by atoms with Crippen LogP contribution >= 0.6 is 11.6 Å².